The highest BCUT2D eigenvalue weighted by molar-refractivity contribution is 5.65. The number of aromatic nitrogens is 3. The van der Waals surface area contributed by atoms with Crippen molar-refractivity contribution in [3.8, 4) is 23.0 Å². The van der Waals surface area contributed by atoms with E-state index in [2.05, 4.69) is 25.0 Å². The first kappa shape index (κ1) is 18.5. The lowest BCUT2D eigenvalue weighted by Gasteiger charge is -2.15. The Balaban J connectivity index is 1.97. The molecule has 6 nitrogen and oxygen atoms in total. The first-order valence-corrected chi connectivity index (χ1v) is 8.14. The van der Waals surface area contributed by atoms with Gasteiger partial charge in [-0.2, -0.15) is 8.78 Å². The summed E-state index contributed by atoms with van der Waals surface area (Å²) in [4.78, 5) is 13.3. The summed E-state index contributed by atoms with van der Waals surface area (Å²) < 4.78 is 34.8. The van der Waals surface area contributed by atoms with Gasteiger partial charge in [-0.1, -0.05) is 6.07 Å². The molecule has 3 aromatic rings. The van der Waals surface area contributed by atoms with Crippen molar-refractivity contribution < 1.29 is 18.3 Å². The lowest BCUT2D eigenvalue weighted by Crippen LogP contribution is -2.06. The summed E-state index contributed by atoms with van der Waals surface area (Å²) in [6.45, 7) is 0.793. The maximum Gasteiger partial charge on any atom is 0.387 e. The van der Waals surface area contributed by atoms with Crippen molar-refractivity contribution >= 4 is 11.5 Å². The topological polar surface area (TPSA) is 69.2 Å². The first-order valence-electron chi connectivity index (χ1n) is 8.14. The molecular weight excluding hydrogens is 354 g/mol. The van der Waals surface area contributed by atoms with E-state index in [1.807, 2.05) is 32.0 Å². The number of hydrogen-bond donors (Lipinski definition) is 1. The Bertz CT molecular complexity index is 936. The molecule has 2 aromatic heterocycles. The highest BCUT2D eigenvalue weighted by atomic mass is 19.3. The molecule has 0 unspecified atom stereocenters. The minimum Gasteiger partial charge on any atom is -0.493 e. The highest BCUT2D eigenvalue weighted by Crippen LogP contribution is 2.33. The number of halogens is 2. The van der Waals surface area contributed by atoms with Gasteiger partial charge < -0.3 is 14.8 Å². The summed E-state index contributed by atoms with van der Waals surface area (Å²) in [6, 6.07) is 10.1. The lowest BCUT2D eigenvalue weighted by atomic mass is 10.2. The van der Waals surface area contributed by atoms with E-state index >= 15 is 0 Å². The fraction of sp³-hybridized carbons (Fsp3) is 0.211. The third-order valence-corrected chi connectivity index (χ3v) is 3.93. The molecule has 140 valence electrons. The molecule has 2 heterocycles. The maximum atomic E-state index is 12.6. The van der Waals surface area contributed by atoms with Gasteiger partial charge in [0.15, 0.2) is 17.3 Å². The number of nitrogens with one attached hydrogen (secondary N) is 1. The molecule has 0 aliphatic heterocycles. The van der Waals surface area contributed by atoms with Crippen molar-refractivity contribution in [3.05, 3.63) is 53.9 Å². The van der Waals surface area contributed by atoms with Crippen LogP contribution in [0.25, 0.3) is 11.5 Å². The van der Waals surface area contributed by atoms with Gasteiger partial charge in [0.05, 0.1) is 7.11 Å². The van der Waals surface area contributed by atoms with Gasteiger partial charge in [0.1, 0.15) is 11.5 Å². The van der Waals surface area contributed by atoms with Crippen LogP contribution in [0.15, 0.2) is 42.6 Å². The molecule has 0 saturated heterocycles. The molecule has 0 aliphatic rings. The van der Waals surface area contributed by atoms with Gasteiger partial charge in [-0.15, -0.1) is 0 Å². The third-order valence-electron chi connectivity index (χ3n) is 3.93. The average molecular weight is 372 g/mol. The number of rotatable bonds is 6. The largest absolute Gasteiger partial charge is 0.493 e. The molecular formula is C19H18F2N4O2. The van der Waals surface area contributed by atoms with Crippen LogP contribution in [0.3, 0.4) is 0 Å². The maximum absolute atomic E-state index is 12.6. The number of methoxy groups -OCH3 is 1. The molecule has 3 rings (SSSR count). The predicted molar refractivity (Wildman–Crippen MR) is 97.6 cm³/mol. The summed E-state index contributed by atoms with van der Waals surface area (Å²) in [5.74, 6) is 1.17. The van der Waals surface area contributed by atoms with Gasteiger partial charge in [0.2, 0.25) is 0 Å². The van der Waals surface area contributed by atoms with Crippen LogP contribution in [0, 0.1) is 13.8 Å². The minimum absolute atomic E-state index is 0.0640. The second kappa shape index (κ2) is 7.94. The summed E-state index contributed by atoms with van der Waals surface area (Å²) >= 11 is 0. The van der Waals surface area contributed by atoms with Crippen molar-refractivity contribution in [2.45, 2.75) is 20.5 Å². The molecule has 0 atom stereocenters. The van der Waals surface area contributed by atoms with Crippen LogP contribution in [0.4, 0.5) is 20.3 Å². The zero-order valence-corrected chi connectivity index (χ0v) is 15.0. The first-order chi connectivity index (χ1) is 13.0. The lowest BCUT2D eigenvalue weighted by molar-refractivity contribution is -0.0511. The Hall–Kier alpha value is -3.29. The zero-order chi connectivity index (χ0) is 19.4. The summed E-state index contributed by atoms with van der Waals surface area (Å²) in [5.41, 5.74) is 2.78. The molecule has 0 aliphatic carbocycles. The van der Waals surface area contributed by atoms with Crippen molar-refractivity contribution in [3.63, 3.8) is 0 Å². The Labute approximate surface area is 155 Å². The minimum atomic E-state index is -2.95. The van der Waals surface area contributed by atoms with E-state index in [1.54, 1.807) is 18.3 Å². The Morgan fingerprint density at radius 3 is 2.52 bits per heavy atom. The number of pyridine rings is 1. The molecule has 8 heteroatoms. The third kappa shape index (κ3) is 4.28. The fourth-order valence-corrected chi connectivity index (χ4v) is 2.44. The predicted octanol–water partition coefficient (Wildman–Crippen LogP) is 4.51. The van der Waals surface area contributed by atoms with Crippen molar-refractivity contribution in [2.75, 3.05) is 12.4 Å². The number of ether oxygens (including phenoxy) is 2. The van der Waals surface area contributed by atoms with E-state index in [0.29, 0.717) is 23.0 Å². The monoisotopic (exact) mass is 372 g/mol. The van der Waals surface area contributed by atoms with E-state index in [-0.39, 0.29) is 11.5 Å². The van der Waals surface area contributed by atoms with Crippen LogP contribution < -0.4 is 14.8 Å². The van der Waals surface area contributed by atoms with Crippen LogP contribution >= 0.6 is 0 Å². The zero-order valence-electron chi connectivity index (χ0n) is 15.0. The van der Waals surface area contributed by atoms with Crippen LogP contribution in [0.5, 0.6) is 11.5 Å². The molecule has 0 bridgehead atoms. The van der Waals surface area contributed by atoms with E-state index in [0.717, 1.165) is 11.3 Å². The summed E-state index contributed by atoms with van der Waals surface area (Å²) in [6.07, 6.45) is 1.67. The van der Waals surface area contributed by atoms with E-state index in [9.17, 15) is 8.78 Å². The van der Waals surface area contributed by atoms with Crippen LogP contribution in [0.1, 0.15) is 11.3 Å². The summed E-state index contributed by atoms with van der Waals surface area (Å²) in [7, 11) is 1.39. The van der Waals surface area contributed by atoms with Crippen molar-refractivity contribution in [1.82, 2.24) is 15.0 Å². The van der Waals surface area contributed by atoms with E-state index in [1.165, 1.54) is 13.2 Å². The van der Waals surface area contributed by atoms with Gasteiger partial charge in [-0.05, 0) is 38.1 Å². The molecule has 27 heavy (non-hydrogen) atoms. The second-order valence-corrected chi connectivity index (χ2v) is 5.69. The van der Waals surface area contributed by atoms with Gasteiger partial charge >= 0.3 is 6.61 Å². The number of alkyl halides is 2. The molecule has 1 N–H and O–H groups in total. The Kier molecular flexibility index (Phi) is 5.44. The van der Waals surface area contributed by atoms with Crippen molar-refractivity contribution in [1.29, 1.82) is 0 Å². The number of benzene rings is 1. The fourth-order valence-electron chi connectivity index (χ4n) is 2.44. The highest BCUT2D eigenvalue weighted by Gasteiger charge is 2.14. The van der Waals surface area contributed by atoms with Gasteiger partial charge in [0, 0.05) is 29.2 Å². The molecule has 1 aromatic carbocycles. The average Bonchev–Trinajstić information content (AvgIpc) is 2.66. The Morgan fingerprint density at radius 1 is 1.04 bits per heavy atom. The second-order valence-electron chi connectivity index (χ2n) is 5.69. The van der Waals surface area contributed by atoms with Gasteiger partial charge in [-0.25, -0.2) is 9.97 Å². The molecule has 0 amide bonds. The van der Waals surface area contributed by atoms with Crippen molar-refractivity contribution in [2.24, 2.45) is 0 Å². The molecule has 0 radical (unpaired) electrons. The molecule has 0 fully saturated rings. The van der Waals surface area contributed by atoms with Crippen LogP contribution in [0.2, 0.25) is 0 Å². The van der Waals surface area contributed by atoms with Crippen LogP contribution in [-0.4, -0.2) is 28.7 Å². The van der Waals surface area contributed by atoms with E-state index < -0.39 is 6.61 Å². The van der Waals surface area contributed by atoms with Gasteiger partial charge in [0.25, 0.3) is 0 Å². The normalized spacial score (nSPS) is 10.7. The Morgan fingerprint density at radius 2 is 1.85 bits per heavy atom. The molecule has 0 saturated carbocycles. The van der Waals surface area contributed by atoms with Gasteiger partial charge in [-0.3, -0.25) is 4.98 Å². The number of hydrogen-bond acceptors (Lipinski definition) is 6. The number of aryl methyl sites for hydroxylation is 1. The SMILES string of the molecule is COc1ccc(Nc2nc(-c3ccccn3)nc(C)c2C)cc1OC(F)F. The standard InChI is InChI=1S/C19H18F2N4O2/c1-11-12(2)23-18(14-6-4-5-9-22-14)25-17(11)24-13-7-8-15(26-3)16(10-13)27-19(20)21/h4-10,19H,1-3H3,(H,23,24,25). The van der Waals surface area contributed by atoms with E-state index in [4.69, 9.17) is 4.74 Å². The number of nitrogens with zero attached hydrogens (tertiary/aromatic N) is 3. The number of anilines is 2. The summed E-state index contributed by atoms with van der Waals surface area (Å²) in [5, 5.41) is 3.13. The smallest absolute Gasteiger partial charge is 0.387 e. The molecule has 0 spiro atoms. The van der Waals surface area contributed by atoms with Crippen LogP contribution in [-0.2, 0) is 0 Å². The quantitative estimate of drug-likeness (QED) is 0.687.